The van der Waals surface area contributed by atoms with Gasteiger partial charge in [-0.05, 0) is 40.4 Å². The van der Waals surface area contributed by atoms with Crippen LogP contribution >= 0.6 is 0 Å². The second-order valence-electron chi connectivity index (χ2n) is 5.36. The van der Waals surface area contributed by atoms with E-state index in [1.165, 1.54) is 0 Å². The Morgan fingerprint density at radius 3 is 2.00 bits per heavy atom. The third-order valence-corrected chi connectivity index (χ3v) is 3.84. The summed E-state index contributed by atoms with van der Waals surface area (Å²) >= 11 is 0. The molecule has 0 rings (SSSR count). The van der Waals surface area contributed by atoms with Crippen LogP contribution in [-0.4, -0.2) is 55.9 Å². The Balaban J connectivity index is 4.61. The lowest BCUT2D eigenvalue weighted by Crippen LogP contribution is -2.46. The van der Waals surface area contributed by atoms with Crippen LogP contribution in [0.2, 0.25) is 0 Å². The van der Waals surface area contributed by atoms with Crippen molar-refractivity contribution in [2.45, 2.75) is 46.6 Å². The van der Waals surface area contributed by atoms with E-state index in [4.69, 9.17) is 0 Å². The first-order valence-electron chi connectivity index (χ1n) is 6.79. The molecule has 17 heavy (non-hydrogen) atoms. The molecule has 3 nitrogen and oxygen atoms in total. The van der Waals surface area contributed by atoms with Gasteiger partial charge in [0.1, 0.15) is 6.29 Å². The summed E-state index contributed by atoms with van der Waals surface area (Å²) in [6.07, 6.45) is 3.02. The van der Waals surface area contributed by atoms with Crippen molar-refractivity contribution >= 4 is 6.29 Å². The van der Waals surface area contributed by atoms with E-state index in [1.54, 1.807) is 0 Å². The summed E-state index contributed by atoms with van der Waals surface area (Å²) in [7, 11) is 4.19. The smallest absolute Gasteiger partial charge is 0.127 e. The minimum absolute atomic E-state index is 0.156. The standard InChI is InChI=1S/C14H30N2O/c1-7-14(8-2,12-17)11-16(9-3)13(4)10-15(5)6/h12-13H,7-11H2,1-6H3. The maximum atomic E-state index is 11.3. The fraction of sp³-hybridized carbons (Fsp3) is 0.929. The maximum Gasteiger partial charge on any atom is 0.127 e. The van der Waals surface area contributed by atoms with Crippen molar-refractivity contribution in [2.24, 2.45) is 5.41 Å². The zero-order chi connectivity index (χ0) is 13.5. The number of carbonyl (C=O) groups excluding carboxylic acids is 1. The number of aldehydes is 1. The average molecular weight is 242 g/mol. The second kappa shape index (κ2) is 7.83. The molecule has 0 saturated carbocycles. The minimum Gasteiger partial charge on any atom is -0.308 e. The van der Waals surface area contributed by atoms with Crippen LogP contribution < -0.4 is 0 Å². The molecule has 0 N–H and O–H groups in total. The summed E-state index contributed by atoms with van der Waals surface area (Å²) < 4.78 is 0. The molecule has 0 aliphatic rings. The fourth-order valence-corrected chi connectivity index (χ4v) is 2.31. The molecule has 0 fully saturated rings. The Morgan fingerprint density at radius 2 is 1.71 bits per heavy atom. The molecule has 0 heterocycles. The van der Waals surface area contributed by atoms with E-state index in [1.807, 2.05) is 0 Å². The van der Waals surface area contributed by atoms with Gasteiger partial charge in [-0.2, -0.15) is 0 Å². The van der Waals surface area contributed by atoms with Crippen molar-refractivity contribution in [1.29, 1.82) is 0 Å². The van der Waals surface area contributed by atoms with Crippen LogP contribution in [0, 0.1) is 5.41 Å². The van der Waals surface area contributed by atoms with Crippen molar-refractivity contribution in [3.05, 3.63) is 0 Å². The fourth-order valence-electron chi connectivity index (χ4n) is 2.31. The van der Waals surface area contributed by atoms with Crippen molar-refractivity contribution in [2.75, 3.05) is 33.7 Å². The van der Waals surface area contributed by atoms with Gasteiger partial charge >= 0.3 is 0 Å². The van der Waals surface area contributed by atoms with Gasteiger partial charge in [0.15, 0.2) is 0 Å². The van der Waals surface area contributed by atoms with Crippen LogP contribution in [0.5, 0.6) is 0 Å². The molecule has 0 spiro atoms. The number of carbonyl (C=O) groups is 1. The number of nitrogens with zero attached hydrogens (tertiary/aromatic N) is 2. The Kier molecular flexibility index (Phi) is 7.64. The highest BCUT2D eigenvalue weighted by Crippen LogP contribution is 2.25. The van der Waals surface area contributed by atoms with E-state index < -0.39 is 0 Å². The lowest BCUT2D eigenvalue weighted by molar-refractivity contribution is -0.118. The lowest BCUT2D eigenvalue weighted by Gasteiger charge is -2.37. The van der Waals surface area contributed by atoms with Crippen molar-refractivity contribution in [3.63, 3.8) is 0 Å². The first-order chi connectivity index (χ1) is 7.94. The van der Waals surface area contributed by atoms with Gasteiger partial charge < -0.3 is 9.69 Å². The highest BCUT2D eigenvalue weighted by atomic mass is 16.1. The zero-order valence-corrected chi connectivity index (χ0v) is 12.5. The molecule has 1 atom stereocenters. The van der Waals surface area contributed by atoms with Crippen LogP contribution in [0.25, 0.3) is 0 Å². The molecule has 3 heteroatoms. The summed E-state index contributed by atoms with van der Waals surface area (Å²) in [5.74, 6) is 0. The normalized spacial score (nSPS) is 14.4. The van der Waals surface area contributed by atoms with E-state index in [9.17, 15) is 4.79 Å². The molecule has 0 bridgehead atoms. The molecule has 0 radical (unpaired) electrons. The number of hydrogen-bond acceptors (Lipinski definition) is 3. The maximum absolute atomic E-state index is 11.3. The molecular formula is C14H30N2O. The predicted molar refractivity (Wildman–Crippen MR) is 74.3 cm³/mol. The van der Waals surface area contributed by atoms with E-state index in [2.05, 4.69) is 51.6 Å². The van der Waals surface area contributed by atoms with Crippen LogP contribution in [0.1, 0.15) is 40.5 Å². The largest absolute Gasteiger partial charge is 0.308 e. The van der Waals surface area contributed by atoms with Crippen LogP contribution in [-0.2, 0) is 4.79 Å². The molecule has 0 aromatic carbocycles. The SMILES string of the molecule is CCN(CC(C=O)(CC)CC)C(C)CN(C)C. The molecule has 0 amide bonds. The topological polar surface area (TPSA) is 23.6 Å². The summed E-state index contributed by atoms with van der Waals surface area (Å²) in [6, 6.07) is 0.493. The molecular weight excluding hydrogens is 212 g/mol. The predicted octanol–water partition coefficient (Wildman–Crippen LogP) is 2.26. The second-order valence-corrected chi connectivity index (χ2v) is 5.36. The molecule has 102 valence electrons. The van der Waals surface area contributed by atoms with Crippen LogP contribution in [0.15, 0.2) is 0 Å². The average Bonchev–Trinajstić information content (AvgIpc) is 2.31. The van der Waals surface area contributed by atoms with Crippen molar-refractivity contribution in [3.8, 4) is 0 Å². The third kappa shape index (κ3) is 5.17. The van der Waals surface area contributed by atoms with Gasteiger partial charge in [-0.15, -0.1) is 0 Å². The van der Waals surface area contributed by atoms with Gasteiger partial charge in [0.25, 0.3) is 0 Å². The van der Waals surface area contributed by atoms with E-state index in [-0.39, 0.29) is 5.41 Å². The molecule has 0 aromatic rings. The molecule has 0 aliphatic carbocycles. The first-order valence-corrected chi connectivity index (χ1v) is 6.79. The zero-order valence-electron chi connectivity index (χ0n) is 12.5. The van der Waals surface area contributed by atoms with Gasteiger partial charge in [0.2, 0.25) is 0 Å². The number of rotatable bonds is 9. The van der Waals surface area contributed by atoms with Crippen LogP contribution in [0.4, 0.5) is 0 Å². The Bertz CT molecular complexity index is 212. The minimum atomic E-state index is -0.156. The summed E-state index contributed by atoms with van der Waals surface area (Å²) in [4.78, 5) is 16.0. The molecule has 0 aliphatic heterocycles. The Morgan fingerprint density at radius 1 is 1.18 bits per heavy atom. The van der Waals surface area contributed by atoms with Gasteiger partial charge in [-0.3, -0.25) is 4.90 Å². The summed E-state index contributed by atoms with van der Waals surface area (Å²) in [5, 5.41) is 0. The molecule has 0 aromatic heterocycles. The van der Waals surface area contributed by atoms with E-state index >= 15 is 0 Å². The first kappa shape index (κ1) is 16.6. The lowest BCUT2D eigenvalue weighted by atomic mass is 9.83. The van der Waals surface area contributed by atoms with E-state index in [0.29, 0.717) is 6.04 Å². The molecule has 0 saturated heterocycles. The monoisotopic (exact) mass is 242 g/mol. The van der Waals surface area contributed by atoms with Gasteiger partial charge in [0, 0.05) is 24.5 Å². The Labute approximate surface area is 107 Å². The summed E-state index contributed by atoms with van der Waals surface area (Å²) in [6.45, 7) is 11.6. The quantitative estimate of drug-likeness (QED) is 0.580. The number of hydrogen-bond donors (Lipinski definition) is 0. The van der Waals surface area contributed by atoms with Gasteiger partial charge in [0.05, 0.1) is 0 Å². The van der Waals surface area contributed by atoms with Crippen LogP contribution in [0.3, 0.4) is 0 Å². The van der Waals surface area contributed by atoms with E-state index in [0.717, 1.165) is 38.8 Å². The van der Waals surface area contributed by atoms with Gasteiger partial charge in [-0.25, -0.2) is 0 Å². The highest BCUT2D eigenvalue weighted by Gasteiger charge is 2.29. The number of likely N-dealkylation sites (N-methyl/N-ethyl adjacent to an activating group) is 2. The Hall–Kier alpha value is -0.410. The third-order valence-electron chi connectivity index (χ3n) is 3.84. The highest BCUT2D eigenvalue weighted by molar-refractivity contribution is 5.59. The molecule has 1 unspecified atom stereocenters. The summed E-state index contributed by atoms with van der Waals surface area (Å²) in [5.41, 5.74) is -0.156. The van der Waals surface area contributed by atoms with Crippen molar-refractivity contribution in [1.82, 2.24) is 9.80 Å². The van der Waals surface area contributed by atoms with Gasteiger partial charge in [-0.1, -0.05) is 20.8 Å². The van der Waals surface area contributed by atoms with Crippen molar-refractivity contribution < 1.29 is 4.79 Å².